The highest BCUT2D eigenvalue weighted by molar-refractivity contribution is 7.10. The molecule has 0 bridgehead atoms. The van der Waals surface area contributed by atoms with Crippen molar-refractivity contribution < 1.29 is 4.79 Å². The summed E-state index contributed by atoms with van der Waals surface area (Å²) in [5, 5.41) is 5.71. The van der Waals surface area contributed by atoms with Crippen molar-refractivity contribution in [3.8, 4) is 0 Å². The molecular formula is C17H28N2OS. The Morgan fingerprint density at radius 3 is 2.62 bits per heavy atom. The number of nitrogens with zero attached hydrogens (tertiary/aromatic N) is 1. The normalized spacial score (nSPS) is 17.8. The number of carbonyl (C=O) groups excluding carboxylic acids is 1. The Morgan fingerprint density at radius 1 is 1.33 bits per heavy atom. The molecule has 1 fully saturated rings. The SMILES string of the molecule is CC(C)(C)C(NCCC(=O)N1CCCCC1)c1cccs1. The van der Waals surface area contributed by atoms with Crippen LogP contribution < -0.4 is 5.32 Å². The van der Waals surface area contributed by atoms with Gasteiger partial charge < -0.3 is 10.2 Å². The summed E-state index contributed by atoms with van der Waals surface area (Å²) < 4.78 is 0. The molecule has 1 aromatic rings. The van der Waals surface area contributed by atoms with Crippen molar-refractivity contribution in [3.05, 3.63) is 22.4 Å². The van der Waals surface area contributed by atoms with E-state index in [4.69, 9.17) is 0 Å². The second-order valence-corrected chi connectivity index (χ2v) is 7.94. The first-order chi connectivity index (χ1) is 9.98. The monoisotopic (exact) mass is 308 g/mol. The quantitative estimate of drug-likeness (QED) is 0.896. The lowest BCUT2D eigenvalue weighted by molar-refractivity contribution is -0.132. The fraction of sp³-hybridized carbons (Fsp3) is 0.706. The molecule has 2 heterocycles. The van der Waals surface area contributed by atoms with Gasteiger partial charge in [0.05, 0.1) is 0 Å². The van der Waals surface area contributed by atoms with E-state index in [0.29, 0.717) is 18.4 Å². The lowest BCUT2D eigenvalue weighted by Crippen LogP contribution is -2.38. The van der Waals surface area contributed by atoms with Gasteiger partial charge in [-0.25, -0.2) is 0 Å². The first kappa shape index (κ1) is 16.5. The van der Waals surface area contributed by atoms with Crippen LogP contribution in [-0.4, -0.2) is 30.4 Å². The molecule has 1 N–H and O–H groups in total. The highest BCUT2D eigenvalue weighted by atomic mass is 32.1. The van der Waals surface area contributed by atoms with Gasteiger partial charge in [-0.05, 0) is 36.1 Å². The van der Waals surface area contributed by atoms with Crippen molar-refractivity contribution in [2.24, 2.45) is 5.41 Å². The van der Waals surface area contributed by atoms with Crippen molar-refractivity contribution in [2.75, 3.05) is 19.6 Å². The molecule has 4 heteroatoms. The topological polar surface area (TPSA) is 32.3 Å². The van der Waals surface area contributed by atoms with Crippen LogP contribution >= 0.6 is 11.3 Å². The fourth-order valence-electron chi connectivity index (χ4n) is 2.91. The average Bonchev–Trinajstić information content (AvgIpc) is 2.96. The number of piperidine rings is 1. The van der Waals surface area contributed by atoms with Gasteiger partial charge in [-0.3, -0.25) is 4.79 Å². The number of hydrogen-bond donors (Lipinski definition) is 1. The minimum absolute atomic E-state index is 0.152. The minimum Gasteiger partial charge on any atom is -0.343 e. The van der Waals surface area contributed by atoms with Crippen LogP contribution in [0.2, 0.25) is 0 Å². The van der Waals surface area contributed by atoms with Gasteiger partial charge in [0.2, 0.25) is 5.91 Å². The Kier molecular flexibility index (Phi) is 5.82. The van der Waals surface area contributed by atoms with Gasteiger partial charge in [0.15, 0.2) is 0 Å². The van der Waals surface area contributed by atoms with Gasteiger partial charge in [0.25, 0.3) is 0 Å². The lowest BCUT2D eigenvalue weighted by Gasteiger charge is -2.31. The summed E-state index contributed by atoms with van der Waals surface area (Å²) in [7, 11) is 0. The number of likely N-dealkylation sites (tertiary alicyclic amines) is 1. The van der Waals surface area contributed by atoms with Crippen LogP contribution in [-0.2, 0) is 4.79 Å². The molecule has 0 aliphatic carbocycles. The molecule has 1 saturated heterocycles. The van der Waals surface area contributed by atoms with E-state index >= 15 is 0 Å². The molecule has 0 saturated carbocycles. The molecule has 0 spiro atoms. The summed E-state index contributed by atoms with van der Waals surface area (Å²) >= 11 is 1.79. The van der Waals surface area contributed by atoms with Crippen molar-refractivity contribution >= 4 is 17.2 Å². The summed E-state index contributed by atoms with van der Waals surface area (Å²) in [6, 6.07) is 4.59. The second-order valence-electron chi connectivity index (χ2n) is 6.96. The van der Waals surface area contributed by atoms with E-state index in [1.54, 1.807) is 11.3 Å². The van der Waals surface area contributed by atoms with E-state index < -0.39 is 0 Å². The Bertz CT molecular complexity index is 430. The second kappa shape index (κ2) is 7.41. The minimum atomic E-state index is 0.152. The Balaban J connectivity index is 1.83. The highest BCUT2D eigenvalue weighted by Gasteiger charge is 2.27. The van der Waals surface area contributed by atoms with Gasteiger partial charge >= 0.3 is 0 Å². The Morgan fingerprint density at radius 2 is 2.05 bits per heavy atom. The van der Waals surface area contributed by atoms with Crippen LogP contribution in [0.25, 0.3) is 0 Å². The fourth-order valence-corrected chi connectivity index (χ4v) is 3.96. The third kappa shape index (κ3) is 4.82. The maximum absolute atomic E-state index is 12.2. The molecule has 0 radical (unpaired) electrons. The van der Waals surface area contributed by atoms with E-state index in [0.717, 1.165) is 19.6 Å². The Labute approximate surface area is 132 Å². The van der Waals surface area contributed by atoms with Crippen LogP contribution in [0.3, 0.4) is 0 Å². The number of nitrogens with one attached hydrogen (secondary N) is 1. The maximum Gasteiger partial charge on any atom is 0.223 e. The summed E-state index contributed by atoms with van der Waals surface area (Å²) in [5.74, 6) is 0.307. The van der Waals surface area contributed by atoms with Crippen LogP contribution in [0.4, 0.5) is 0 Å². The number of carbonyl (C=O) groups is 1. The van der Waals surface area contributed by atoms with Crippen LogP contribution in [0.15, 0.2) is 17.5 Å². The summed E-state index contributed by atoms with van der Waals surface area (Å²) in [6.07, 6.45) is 4.21. The van der Waals surface area contributed by atoms with Crippen molar-refractivity contribution in [1.29, 1.82) is 0 Å². The molecular weight excluding hydrogens is 280 g/mol. The molecule has 3 nitrogen and oxygen atoms in total. The highest BCUT2D eigenvalue weighted by Crippen LogP contribution is 2.34. The van der Waals surface area contributed by atoms with Gasteiger partial charge in [-0.2, -0.15) is 0 Å². The van der Waals surface area contributed by atoms with Crippen molar-refractivity contribution in [3.63, 3.8) is 0 Å². The molecule has 1 aromatic heterocycles. The Hall–Kier alpha value is -0.870. The molecule has 0 aromatic carbocycles. The van der Waals surface area contributed by atoms with E-state index in [2.05, 4.69) is 43.6 Å². The van der Waals surface area contributed by atoms with Gasteiger partial charge in [-0.1, -0.05) is 26.8 Å². The van der Waals surface area contributed by atoms with Gasteiger partial charge in [-0.15, -0.1) is 11.3 Å². The van der Waals surface area contributed by atoms with Gasteiger partial charge in [0, 0.05) is 37.0 Å². The standard InChI is InChI=1S/C17H28N2OS/c1-17(2,3)16(14-8-7-13-21-14)18-10-9-15(20)19-11-5-4-6-12-19/h7-8,13,16,18H,4-6,9-12H2,1-3H3. The molecule has 2 rings (SSSR count). The van der Waals surface area contributed by atoms with Crippen LogP contribution in [0, 0.1) is 5.41 Å². The first-order valence-electron chi connectivity index (χ1n) is 8.03. The van der Waals surface area contributed by atoms with E-state index in [-0.39, 0.29) is 5.41 Å². The molecule has 1 aliphatic rings. The first-order valence-corrected chi connectivity index (χ1v) is 8.91. The van der Waals surface area contributed by atoms with Crippen LogP contribution in [0.5, 0.6) is 0 Å². The number of amides is 1. The third-order valence-electron chi connectivity index (χ3n) is 4.09. The molecule has 1 amide bonds. The molecule has 1 atom stereocenters. The zero-order chi connectivity index (χ0) is 15.3. The van der Waals surface area contributed by atoms with E-state index in [1.807, 2.05) is 4.90 Å². The predicted molar refractivity (Wildman–Crippen MR) is 89.6 cm³/mol. The largest absolute Gasteiger partial charge is 0.343 e. The van der Waals surface area contributed by atoms with Crippen LogP contribution in [0.1, 0.15) is 57.4 Å². The van der Waals surface area contributed by atoms with Gasteiger partial charge in [0.1, 0.15) is 0 Å². The molecule has 118 valence electrons. The molecule has 21 heavy (non-hydrogen) atoms. The number of hydrogen-bond acceptors (Lipinski definition) is 3. The summed E-state index contributed by atoms with van der Waals surface area (Å²) in [6.45, 7) is 9.40. The molecule has 1 aliphatic heterocycles. The smallest absolute Gasteiger partial charge is 0.223 e. The molecule has 1 unspecified atom stereocenters. The lowest BCUT2D eigenvalue weighted by atomic mass is 9.85. The summed E-state index contributed by atoms with van der Waals surface area (Å²) in [4.78, 5) is 15.6. The third-order valence-corrected chi connectivity index (χ3v) is 5.03. The van der Waals surface area contributed by atoms with Crippen molar-refractivity contribution in [1.82, 2.24) is 10.2 Å². The van der Waals surface area contributed by atoms with Crippen molar-refractivity contribution in [2.45, 2.75) is 52.5 Å². The zero-order valence-electron chi connectivity index (χ0n) is 13.5. The van der Waals surface area contributed by atoms with E-state index in [1.165, 1.54) is 24.1 Å². The number of rotatable bonds is 5. The van der Waals surface area contributed by atoms with E-state index in [9.17, 15) is 4.79 Å². The number of thiophene rings is 1. The predicted octanol–water partition coefficient (Wildman–Crippen LogP) is 3.83. The average molecular weight is 308 g/mol. The maximum atomic E-state index is 12.2. The zero-order valence-corrected chi connectivity index (χ0v) is 14.3. The summed E-state index contributed by atoms with van der Waals surface area (Å²) in [5.41, 5.74) is 0.152.